The van der Waals surface area contributed by atoms with E-state index in [1.807, 2.05) is 47.5 Å². The molecule has 4 aromatic rings. The van der Waals surface area contributed by atoms with Crippen molar-refractivity contribution < 1.29 is 4.79 Å². The van der Waals surface area contributed by atoms with Crippen molar-refractivity contribution in [1.29, 1.82) is 0 Å². The van der Waals surface area contributed by atoms with Gasteiger partial charge in [0.1, 0.15) is 0 Å². The fourth-order valence-electron chi connectivity index (χ4n) is 2.54. The number of nitrogens with one attached hydrogen (secondary N) is 1. The molecule has 120 valence electrons. The number of rotatable bonds is 4. The van der Waals surface area contributed by atoms with Gasteiger partial charge in [-0.3, -0.25) is 9.48 Å². The van der Waals surface area contributed by atoms with Gasteiger partial charge in [-0.1, -0.05) is 6.07 Å². The fraction of sp³-hybridized carbons (Fsp3) is 0.118. The maximum absolute atomic E-state index is 12.7. The van der Waals surface area contributed by atoms with E-state index in [1.54, 1.807) is 33.6 Å². The number of carbonyl (C=O) groups is 1. The second kappa shape index (κ2) is 6.18. The van der Waals surface area contributed by atoms with Gasteiger partial charge in [0.25, 0.3) is 5.91 Å². The fourth-order valence-corrected chi connectivity index (χ4v) is 3.83. The zero-order chi connectivity index (χ0) is 16.5. The molecule has 0 fully saturated rings. The number of aryl methyl sites for hydroxylation is 1. The number of hydrogen-bond acceptors (Lipinski definition) is 5. The molecule has 0 unspecified atom stereocenters. The molecule has 1 N–H and O–H groups in total. The molecule has 1 amide bonds. The van der Waals surface area contributed by atoms with E-state index < -0.39 is 0 Å². The van der Waals surface area contributed by atoms with Gasteiger partial charge in [-0.15, -0.1) is 11.3 Å². The topological polar surface area (TPSA) is 59.8 Å². The van der Waals surface area contributed by atoms with Crippen LogP contribution < -0.4 is 5.32 Å². The molecule has 0 aliphatic carbocycles. The van der Waals surface area contributed by atoms with Gasteiger partial charge in [0.15, 0.2) is 5.65 Å². The van der Waals surface area contributed by atoms with E-state index in [0.717, 1.165) is 21.5 Å². The van der Waals surface area contributed by atoms with Gasteiger partial charge in [0.2, 0.25) is 0 Å². The van der Waals surface area contributed by atoms with Crippen LogP contribution in [0.3, 0.4) is 0 Å². The summed E-state index contributed by atoms with van der Waals surface area (Å²) in [6, 6.07) is 7.83. The van der Waals surface area contributed by atoms with E-state index in [1.165, 1.54) is 0 Å². The lowest BCUT2D eigenvalue weighted by molar-refractivity contribution is 0.0953. The van der Waals surface area contributed by atoms with Gasteiger partial charge in [0, 0.05) is 22.9 Å². The maximum atomic E-state index is 12.7. The smallest absolute Gasteiger partial charge is 0.252 e. The molecule has 4 aromatic heterocycles. The highest BCUT2D eigenvalue weighted by Gasteiger charge is 2.16. The third-order valence-electron chi connectivity index (χ3n) is 3.77. The third-order valence-corrected chi connectivity index (χ3v) is 5.33. The number of hydrogen-bond donors (Lipinski definition) is 1. The molecule has 0 aliphatic rings. The zero-order valence-electron chi connectivity index (χ0n) is 12.9. The molecule has 0 saturated heterocycles. The molecular formula is C17H14N4OS2. The highest BCUT2D eigenvalue weighted by Crippen LogP contribution is 2.26. The van der Waals surface area contributed by atoms with Crippen LogP contribution in [-0.2, 0) is 13.6 Å². The monoisotopic (exact) mass is 354 g/mol. The van der Waals surface area contributed by atoms with Crippen molar-refractivity contribution in [2.24, 2.45) is 7.05 Å². The Balaban J connectivity index is 1.74. The summed E-state index contributed by atoms with van der Waals surface area (Å²) in [5.41, 5.74) is 3.11. The third kappa shape index (κ3) is 2.72. The molecule has 0 radical (unpaired) electrons. The summed E-state index contributed by atoms with van der Waals surface area (Å²) in [7, 11) is 1.83. The first-order valence-electron chi connectivity index (χ1n) is 7.38. The lowest BCUT2D eigenvalue weighted by Crippen LogP contribution is -2.22. The Bertz CT molecular complexity index is 987. The molecule has 0 bridgehead atoms. The Kier molecular flexibility index (Phi) is 3.87. The first-order valence-corrected chi connectivity index (χ1v) is 9.20. The summed E-state index contributed by atoms with van der Waals surface area (Å²) in [6.45, 7) is 0.522. The SMILES string of the molecule is Cn1ncc2c(C(=O)NCc3cccs3)cc(-c3ccsc3)nc21. The van der Waals surface area contributed by atoms with Crippen LogP contribution in [0.15, 0.2) is 46.6 Å². The summed E-state index contributed by atoms with van der Waals surface area (Å²) >= 11 is 3.23. The Hall–Kier alpha value is -2.51. The van der Waals surface area contributed by atoms with Gasteiger partial charge in [-0.05, 0) is 29.0 Å². The number of nitrogens with zero attached hydrogens (tertiary/aromatic N) is 3. The number of amides is 1. The molecule has 0 spiro atoms. The largest absolute Gasteiger partial charge is 0.347 e. The summed E-state index contributed by atoms with van der Waals surface area (Å²) in [5.74, 6) is -0.111. The predicted octanol–water partition coefficient (Wildman–Crippen LogP) is 3.69. The Morgan fingerprint density at radius 1 is 1.33 bits per heavy atom. The lowest BCUT2D eigenvalue weighted by atomic mass is 10.1. The number of aromatic nitrogens is 3. The molecule has 0 saturated carbocycles. The van der Waals surface area contributed by atoms with Crippen LogP contribution in [-0.4, -0.2) is 20.7 Å². The van der Waals surface area contributed by atoms with Gasteiger partial charge in [-0.25, -0.2) is 4.98 Å². The molecule has 0 atom stereocenters. The lowest BCUT2D eigenvalue weighted by Gasteiger charge is -2.07. The molecule has 4 heterocycles. The number of thiophene rings is 2. The van der Waals surface area contributed by atoms with Gasteiger partial charge >= 0.3 is 0 Å². The van der Waals surface area contributed by atoms with Crippen molar-refractivity contribution in [3.63, 3.8) is 0 Å². The van der Waals surface area contributed by atoms with Gasteiger partial charge < -0.3 is 5.32 Å². The zero-order valence-corrected chi connectivity index (χ0v) is 14.5. The maximum Gasteiger partial charge on any atom is 0.252 e. The van der Waals surface area contributed by atoms with Gasteiger partial charge in [0.05, 0.1) is 29.4 Å². The van der Waals surface area contributed by atoms with Crippen molar-refractivity contribution in [1.82, 2.24) is 20.1 Å². The van der Waals surface area contributed by atoms with Crippen LogP contribution >= 0.6 is 22.7 Å². The average molecular weight is 354 g/mol. The van der Waals surface area contributed by atoms with Crippen molar-refractivity contribution in [2.45, 2.75) is 6.54 Å². The number of carbonyl (C=O) groups excluding carboxylic acids is 1. The van der Waals surface area contributed by atoms with Crippen molar-refractivity contribution >= 4 is 39.6 Å². The van der Waals surface area contributed by atoms with Crippen LogP contribution in [0.4, 0.5) is 0 Å². The summed E-state index contributed by atoms with van der Waals surface area (Å²) in [4.78, 5) is 18.5. The minimum Gasteiger partial charge on any atom is -0.347 e. The van der Waals surface area contributed by atoms with Crippen molar-refractivity contribution in [2.75, 3.05) is 0 Å². The van der Waals surface area contributed by atoms with E-state index in [9.17, 15) is 4.79 Å². The molecule has 4 rings (SSSR count). The van der Waals surface area contributed by atoms with Crippen LogP contribution in [0.2, 0.25) is 0 Å². The summed E-state index contributed by atoms with van der Waals surface area (Å²) in [6.07, 6.45) is 1.69. The normalized spacial score (nSPS) is 11.0. The average Bonchev–Trinajstić information content (AvgIpc) is 3.34. The van der Waals surface area contributed by atoms with Gasteiger partial charge in [-0.2, -0.15) is 16.4 Å². The van der Waals surface area contributed by atoms with E-state index in [2.05, 4.69) is 15.4 Å². The van der Waals surface area contributed by atoms with Crippen molar-refractivity contribution in [3.8, 4) is 11.3 Å². The highest BCUT2D eigenvalue weighted by atomic mass is 32.1. The standard InChI is InChI=1S/C17H14N4OS2/c1-21-16-14(9-19-21)13(7-15(20-16)11-4-6-23-10-11)17(22)18-8-12-3-2-5-24-12/h2-7,9-10H,8H2,1H3,(H,18,22). The molecule has 5 nitrogen and oxygen atoms in total. The molecule has 0 aromatic carbocycles. The van der Waals surface area contributed by atoms with E-state index in [4.69, 9.17) is 0 Å². The minimum absolute atomic E-state index is 0.111. The Morgan fingerprint density at radius 3 is 3.00 bits per heavy atom. The second-order valence-electron chi connectivity index (χ2n) is 5.33. The van der Waals surface area contributed by atoms with Crippen LogP contribution in [0, 0.1) is 0 Å². The quantitative estimate of drug-likeness (QED) is 0.608. The van der Waals surface area contributed by atoms with Crippen LogP contribution in [0.1, 0.15) is 15.2 Å². The first kappa shape index (κ1) is 15.0. The van der Waals surface area contributed by atoms with E-state index >= 15 is 0 Å². The van der Waals surface area contributed by atoms with E-state index in [-0.39, 0.29) is 5.91 Å². The minimum atomic E-state index is -0.111. The van der Waals surface area contributed by atoms with E-state index in [0.29, 0.717) is 17.8 Å². The molecular weight excluding hydrogens is 340 g/mol. The molecule has 24 heavy (non-hydrogen) atoms. The Labute approximate surface area is 146 Å². The summed E-state index contributed by atoms with van der Waals surface area (Å²) in [5, 5.41) is 14.0. The Morgan fingerprint density at radius 2 is 2.25 bits per heavy atom. The highest BCUT2D eigenvalue weighted by molar-refractivity contribution is 7.09. The van der Waals surface area contributed by atoms with Crippen molar-refractivity contribution in [3.05, 3.63) is 57.0 Å². The molecule has 7 heteroatoms. The number of pyridine rings is 1. The van der Waals surface area contributed by atoms with Crippen LogP contribution in [0.5, 0.6) is 0 Å². The second-order valence-corrected chi connectivity index (χ2v) is 7.15. The number of fused-ring (bicyclic) bond motifs is 1. The van der Waals surface area contributed by atoms with Crippen LogP contribution in [0.25, 0.3) is 22.3 Å². The summed E-state index contributed by atoms with van der Waals surface area (Å²) < 4.78 is 1.70. The molecule has 0 aliphatic heterocycles. The predicted molar refractivity (Wildman–Crippen MR) is 97.3 cm³/mol. The first-order chi connectivity index (χ1) is 11.7.